The second-order valence-corrected chi connectivity index (χ2v) is 5.35. The number of rotatable bonds is 5. The predicted molar refractivity (Wildman–Crippen MR) is 83.6 cm³/mol. The van der Waals surface area contributed by atoms with Crippen molar-refractivity contribution in [2.75, 3.05) is 6.54 Å². The van der Waals surface area contributed by atoms with Crippen molar-refractivity contribution in [3.63, 3.8) is 0 Å². The van der Waals surface area contributed by atoms with Crippen LogP contribution in [-0.2, 0) is 6.54 Å². The predicted octanol–water partition coefficient (Wildman–Crippen LogP) is 4.95. The van der Waals surface area contributed by atoms with Crippen LogP contribution in [0.1, 0.15) is 24.5 Å². The average molecular weight is 292 g/mol. The Bertz CT molecular complexity index is 596. The van der Waals surface area contributed by atoms with Gasteiger partial charge in [-0.2, -0.15) is 0 Å². The number of hydrogen-bond acceptors (Lipinski definition) is 1. The summed E-state index contributed by atoms with van der Waals surface area (Å²) in [5, 5.41) is 4.05. The normalized spacial score (nSPS) is 10.8. The van der Waals surface area contributed by atoms with Crippen molar-refractivity contribution in [2.45, 2.75) is 26.8 Å². The molecule has 0 aromatic heterocycles. The van der Waals surface area contributed by atoms with Crippen LogP contribution in [-0.4, -0.2) is 6.54 Å². The van der Waals surface area contributed by atoms with Crippen molar-refractivity contribution in [1.82, 2.24) is 5.32 Å². The summed E-state index contributed by atoms with van der Waals surface area (Å²) in [5.74, 6) is -0.208. The molecule has 2 aromatic carbocycles. The van der Waals surface area contributed by atoms with Crippen molar-refractivity contribution in [1.29, 1.82) is 0 Å². The minimum absolute atomic E-state index is 0.208. The minimum Gasteiger partial charge on any atom is -0.313 e. The molecule has 0 saturated carbocycles. The number of hydrogen-bond donors (Lipinski definition) is 1. The van der Waals surface area contributed by atoms with E-state index in [1.165, 1.54) is 6.07 Å². The molecule has 2 aromatic rings. The summed E-state index contributed by atoms with van der Waals surface area (Å²) in [7, 11) is 0. The smallest absolute Gasteiger partial charge is 0.123 e. The maximum Gasteiger partial charge on any atom is 0.123 e. The van der Waals surface area contributed by atoms with Gasteiger partial charge in [-0.05, 0) is 60.3 Å². The molecule has 0 bridgehead atoms. The van der Waals surface area contributed by atoms with Crippen LogP contribution < -0.4 is 5.32 Å². The molecule has 106 valence electrons. The first-order valence-electron chi connectivity index (χ1n) is 6.87. The van der Waals surface area contributed by atoms with E-state index in [0.717, 1.165) is 40.2 Å². The van der Waals surface area contributed by atoms with E-state index in [0.29, 0.717) is 6.54 Å². The largest absolute Gasteiger partial charge is 0.313 e. The van der Waals surface area contributed by atoms with Crippen molar-refractivity contribution in [3.05, 3.63) is 58.4 Å². The quantitative estimate of drug-likeness (QED) is 0.768. The highest BCUT2D eigenvalue weighted by molar-refractivity contribution is 6.31. The molecule has 0 aliphatic heterocycles. The van der Waals surface area contributed by atoms with Crippen LogP contribution in [0, 0.1) is 12.7 Å². The highest BCUT2D eigenvalue weighted by atomic mass is 35.5. The number of benzene rings is 2. The number of nitrogens with one attached hydrogen (secondary N) is 1. The van der Waals surface area contributed by atoms with Crippen molar-refractivity contribution >= 4 is 11.6 Å². The van der Waals surface area contributed by atoms with Crippen LogP contribution in [0.4, 0.5) is 4.39 Å². The van der Waals surface area contributed by atoms with Crippen LogP contribution >= 0.6 is 11.6 Å². The molecule has 2 rings (SSSR count). The summed E-state index contributed by atoms with van der Waals surface area (Å²) in [6.45, 7) is 5.66. The van der Waals surface area contributed by atoms with Crippen LogP contribution in [0.2, 0.25) is 5.02 Å². The number of aryl methyl sites for hydroxylation is 1. The third-order valence-corrected chi connectivity index (χ3v) is 3.70. The van der Waals surface area contributed by atoms with Crippen molar-refractivity contribution in [2.24, 2.45) is 0 Å². The first-order valence-corrected chi connectivity index (χ1v) is 7.25. The molecule has 0 saturated heterocycles. The van der Waals surface area contributed by atoms with E-state index < -0.39 is 0 Å². The van der Waals surface area contributed by atoms with Gasteiger partial charge in [0.1, 0.15) is 5.82 Å². The van der Waals surface area contributed by atoms with Crippen LogP contribution in [0.25, 0.3) is 11.1 Å². The summed E-state index contributed by atoms with van der Waals surface area (Å²) < 4.78 is 13.5. The fraction of sp³-hybridized carbons (Fsp3) is 0.294. The molecule has 0 aliphatic carbocycles. The zero-order chi connectivity index (χ0) is 14.5. The lowest BCUT2D eigenvalue weighted by molar-refractivity contribution is 0.619. The van der Waals surface area contributed by atoms with Crippen LogP contribution in [0.5, 0.6) is 0 Å². The standard InChI is InChI=1S/C17H19ClFN/c1-3-8-20-11-14-9-15(19)6-7-16(14)13-5-4-12(2)17(18)10-13/h4-7,9-10,20H,3,8,11H2,1-2H3. The van der Waals surface area contributed by atoms with Crippen LogP contribution in [0.3, 0.4) is 0 Å². The average Bonchev–Trinajstić information content (AvgIpc) is 2.43. The first kappa shape index (κ1) is 15.0. The summed E-state index contributed by atoms with van der Waals surface area (Å²) in [6, 6.07) is 10.9. The molecule has 0 radical (unpaired) electrons. The Labute approximate surface area is 124 Å². The fourth-order valence-electron chi connectivity index (χ4n) is 2.15. The van der Waals surface area contributed by atoms with Gasteiger partial charge in [0.05, 0.1) is 0 Å². The monoisotopic (exact) mass is 291 g/mol. The highest BCUT2D eigenvalue weighted by Gasteiger charge is 2.08. The Hall–Kier alpha value is -1.38. The molecular formula is C17H19ClFN. The molecule has 0 heterocycles. The molecule has 1 N–H and O–H groups in total. The highest BCUT2D eigenvalue weighted by Crippen LogP contribution is 2.28. The van der Waals surface area contributed by atoms with E-state index in [4.69, 9.17) is 11.6 Å². The molecule has 0 spiro atoms. The minimum atomic E-state index is -0.208. The summed E-state index contributed by atoms with van der Waals surface area (Å²) in [6.07, 6.45) is 1.06. The van der Waals surface area contributed by atoms with E-state index in [1.807, 2.05) is 31.2 Å². The number of halogens is 2. The molecule has 0 atom stereocenters. The topological polar surface area (TPSA) is 12.0 Å². The van der Waals surface area contributed by atoms with E-state index in [-0.39, 0.29) is 5.82 Å². The Morgan fingerprint density at radius 2 is 1.95 bits per heavy atom. The Morgan fingerprint density at radius 3 is 2.65 bits per heavy atom. The zero-order valence-electron chi connectivity index (χ0n) is 11.8. The molecule has 0 aliphatic rings. The second-order valence-electron chi connectivity index (χ2n) is 4.94. The van der Waals surface area contributed by atoms with Gasteiger partial charge >= 0.3 is 0 Å². The van der Waals surface area contributed by atoms with E-state index in [9.17, 15) is 4.39 Å². The summed E-state index contributed by atoms with van der Waals surface area (Å²) >= 11 is 6.18. The fourth-order valence-corrected chi connectivity index (χ4v) is 2.33. The third-order valence-electron chi connectivity index (χ3n) is 3.29. The van der Waals surface area contributed by atoms with Gasteiger partial charge in [-0.25, -0.2) is 4.39 Å². The maximum atomic E-state index is 13.5. The van der Waals surface area contributed by atoms with Gasteiger partial charge in [0.25, 0.3) is 0 Å². The van der Waals surface area contributed by atoms with Gasteiger partial charge in [-0.1, -0.05) is 36.7 Å². The molecule has 0 unspecified atom stereocenters. The van der Waals surface area contributed by atoms with Crippen molar-refractivity contribution < 1.29 is 4.39 Å². The van der Waals surface area contributed by atoms with Crippen LogP contribution in [0.15, 0.2) is 36.4 Å². The van der Waals surface area contributed by atoms with E-state index >= 15 is 0 Å². The van der Waals surface area contributed by atoms with Gasteiger partial charge in [-0.15, -0.1) is 0 Å². The Balaban J connectivity index is 2.36. The summed E-state index contributed by atoms with van der Waals surface area (Å²) in [5.41, 5.74) is 4.05. The molecular weight excluding hydrogens is 273 g/mol. The van der Waals surface area contributed by atoms with Gasteiger partial charge < -0.3 is 5.32 Å². The molecule has 0 amide bonds. The van der Waals surface area contributed by atoms with Gasteiger partial charge in [-0.3, -0.25) is 0 Å². The first-order chi connectivity index (χ1) is 9.61. The Morgan fingerprint density at radius 1 is 1.15 bits per heavy atom. The molecule has 3 heteroatoms. The van der Waals surface area contributed by atoms with Gasteiger partial charge in [0.2, 0.25) is 0 Å². The summed E-state index contributed by atoms with van der Waals surface area (Å²) in [4.78, 5) is 0. The lowest BCUT2D eigenvalue weighted by atomic mass is 9.98. The van der Waals surface area contributed by atoms with Gasteiger partial charge in [0.15, 0.2) is 0 Å². The zero-order valence-corrected chi connectivity index (χ0v) is 12.6. The molecule has 1 nitrogen and oxygen atoms in total. The molecule has 20 heavy (non-hydrogen) atoms. The third kappa shape index (κ3) is 3.59. The maximum absolute atomic E-state index is 13.5. The lowest BCUT2D eigenvalue weighted by Gasteiger charge is -2.12. The SMILES string of the molecule is CCCNCc1cc(F)ccc1-c1ccc(C)c(Cl)c1. The van der Waals surface area contributed by atoms with Crippen molar-refractivity contribution in [3.8, 4) is 11.1 Å². The van der Waals surface area contributed by atoms with E-state index in [1.54, 1.807) is 6.07 Å². The van der Waals surface area contributed by atoms with E-state index in [2.05, 4.69) is 12.2 Å². The van der Waals surface area contributed by atoms with Gasteiger partial charge in [0, 0.05) is 11.6 Å². The molecule has 0 fully saturated rings. The lowest BCUT2D eigenvalue weighted by Crippen LogP contribution is -2.14. The second kappa shape index (κ2) is 6.87. The Kier molecular flexibility index (Phi) is 5.16.